The van der Waals surface area contributed by atoms with Crippen LogP contribution in [0.2, 0.25) is 0 Å². The Kier molecular flexibility index (Phi) is 5.44. The second kappa shape index (κ2) is 7.36. The van der Waals surface area contributed by atoms with E-state index in [4.69, 9.17) is 4.74 Å². The van der Waals surface area contributed by atoms with Crippen LogP contribution in [-0.4, -0.2) is 28.4 Å². The number of ether oxygens (including phenoxy) is 1. The fourth-order valence-corrected chi connectivity index (χ4v) is 4.95. The minimum absolute atomic E-state index is 0.00694. The van der Waals surface area contributed by atoms with Gasteiger partial charge in [0.2, 0.25) is 0 Å². The molecule has 1 aliphatic heterocycles. The molecule has 1 aliphatic rings. The van der Waals surface area contributed by atoms with Crippen LogP contribution in [-0.2, 0) is 11.2 Å². The van der Waals surface area contributed by atoms with Gasteiger partial charge in [-0.05, 0) is 37.7 Å². The third-order valence-electron chi connectivity index (χ3n) is 4.52. The number of hydrogen-bond donors (Lipinski definition) is 1. The molecule has 0 radical (unpaired) electrons. The van der Waals surface area contributed by atoms with Crippen LogP contribution in [0.3, 0.4) is 0 Å². The van der Waals surface area contributed by atoms with Gasteiger partial charge in [-0.2, -0.15) is 0 Å². The highest BCUT2D eigenvalue weighted by Gasteiger charge is 2.19. The smallest absolute Gasteiger partial charge is 0.260 e. The number of H-pyrrole nitrogens is 1. The Bertz CT molecular complexity index is 732. The summed E-state index contributed by atoms with van der Waals surface area (Å²) >= 11 is 3.24. The van der Waals surface area contributed by atoms with Crippen LogP contribution in [0, 0.1) is 12.8 Å². The van der Waals surface area contributed by atoms with Crippen LogP contribution in [0.4, 0.5) is 0 Å². The van der Waals surface area contributed by atoms with Crippen LogP contribution < -0.4 is 5.56 Å². The summed E-state index contributed by atoms with van der Waals surface area (Å²) in [5, 5.41) is 1.52. The molecule has 1 fully saturated rings. The highest BCUT2D eigenvalue weighted by molar-refractivity contribution is 7.99. The van der Waals surface area contributed by atoms with Crippen molar-refractivity contribution in [2.24, 2.45) is 5.92 Å². The van der Waals surface area contributed by atoms with Gasteiger partial charge < -0.3 is 9.72 Å². The molecule has 3 heterocycles. The van der Waals surface area contributed by atoms with Gasteiger partial charge in [-0.25, -0.2) is 4.98 Å². The summed E-state index contributed by atoms with van der Waals surface area (Å²) in [4.78, 5) is 22.3. The molecule has 3 rings (SSSR count). The highest BCUT2D eigenvalue weighted by Crippen LogP contribution is 2.31. The molecule has 126 valence electrons. The molecule has 23 heavy (non-hydrogen) atoms. The van der Waals surface area contributed by atoms with Gasteiger partial charge in [-0.15, -0.1) is 11.3 Å². The lowest BCUT2D eigenvalue weighted by molar-refractivity contribution is 0.129. The fourth-order valence-electron chi connectivity index (χ4n) is 2.91. The van der Waals surface area contributed by atoms with Gasteiger partial charge in [0.1, 0.15) is 4.83 Å². The minimum Gasteiger partial charge on any atom is -0.377 e. The molecule has 1 saturated heterocycles. The lowest BCUT2D eigenvalue weighted by Crippen LogP contribution is -2.13. The van der Waals surface area contributed by atoms with E-state index in [1.807, 2.05) is 0 Å². The van der Waals surface area contributed by atoms with Gasteiger partial charge >= 0.3 is 0 Å². The van der Waals surface area contributed by atoms with E-state index in [-0.39, 0.29) is 5.56 Å². The largest absolute Gasteiger partial charge is 0.377 e. The first-order chi connectivity index (χ1) is 11.1. The van der Waals surface area contributed by atoms with Crippen LogP contribution in [0.15, 0.2) is 9.95 Å². The Morgan fingerprint density at radius 2 is 2.35 bits per heavy atom. The number of rotatable bonds is 6. The predicted molar refractivity (Wildman–Crippen MR) is 97.8 cm³/mol. The van der Waals surface area contributed by atoms with Crippen LogP contribution in [0.25, 0.3) is 10.2 Å². The molecule has 1 N–H and O–H groups in total. The maximum absolute atomic E-state index is 12.6. The van der Waals surface area contributed by atoms with Crippen LogP contribution >= 0.6 is 23.1 Å². The number of aryl methyl sites for hydroxylation is 1. The van der Waals surface area contributed by atoms with E-state index in [0.717, 1.165) is 48.3 Å². The molecule has 4 nitrogen and oxygen atoms in total. The number of thiophene rings is 1. The molecule has 6 heteroatoms. The summed E-state index contributed by atoms with van der Waals surface area (Å²) in [5.74, 6) is 1.44. The van der Waals surface area contributed by atoms with E-state index in [0.29, 0.717) is 17.2 Å². The Labute approximate surface area is 145 Å². The van der Waals surface area contributed by atoms with Crippen molar-refractivity contribution in [3.8, 4) is 0 Å². The third-order valence-corrected chi connectivity index (χ3v) is 6.57. The molecule has 0 saturated carbocycles. The molecular formula is C17H24N2O2S2. The topological polar surface area (TPSA) is 55.0 Å². The first-order valence-electron chi connectivity index (χ1n) is 8.35. The third kappa shape index (κ3) is 3.80. The molecule has 0 bridgehead atoms. The SMILES string of the molecule is CC[C@H](C)Cc1c(C)sc2nc(SC[C@H]3CCCO3)[nH]c(=O)c12. The molecule has 0 spiro atoms. The molecule has 2 aromatic heterocycles. The lowest BCUT2D eigenvalue weighted by atomic mass is 9.98. The van der Waals surface area contributed by atoms with E-state index in [2.05, 4.69) is 30.7 Å². The van der Waals surface area contributed by atoms with Gasteiger partial charge in [0.05, 0.1) is 11.5 Å². The van der Waals surface area contributed by atoms with E-state index in [1.54, 1.807) is 23.1 Å². The van der Waals surface area contributed by atoms with Crippen molar-refractivity contribution in [3.05, 3.63) is 20.8 Å². The first-order valence-corrected chi connectivity index (χ1v) is 10.1. The van der Waals surface area contributed by atoms with Crippen LogP contribution in [0.1, 0.15) is 43.6 Å². The van der Waals surface area contributed by atoms with Crippen molar-refractivity contribution in [3.63, 3.8) is 0 Å². The quantitative estimate of drug-likeness (QED) is 0.627. The standard InChI is InChI=1S/C17H24N2O2S2/c1-4-10(2)8-13-11(3)23-16-14(13)15(20)18-17(19-16)22-9-12-6-5-7-21-12/h10,12H,4-9H2,1-3H3,(H,18,19,20)/t10-,12+/m0/s1. The van der Waals surface area contributed by atoms with E-state index < -0.39 is 0 Å². The normalized spacial score (nSPS) is 19.5. The Morgan fingerprint density at radius 1 is 1.52 bits per heavy atom. The molecule has 0 unspecified atom stereocenters. The number of aromatic nitrogens is 2. The summed E-state index contributed by atoms with van der Waals surface area (Å²) in [6, 6.07) is 0. The predicted octanol–water partition coefficient (Wildman–Crippen LogP) is 4.15. The number of nitrogens with zero attached hydrogens (tertiary/aromatic N) is 1. The highest BCUT2D eigenvalue weighted by atomic mass is 32.2. The zero-order valence-corrected chi connectivity index (χ0v) is 15.6. The molecule has 2 aromatic rings. The van der Waals surface area contributed by atoms with Gasteiger partial charge in [0, 0.05) is 17.2 Å². The van der Waals surface area contributed by atoms with Crippen molar-refractivity contribution >= 4 is 33.3 Å². The summed E-state index contributed by atoms with van der Waals surface area (Å²) in [7, 11) is 0. The minimum atomic E-state index is 0.00694. The van der Waals surface area contributed by atoms with E-state index in [1.165, 1.54) is 10.4 Å². The number of aromatic amines is 1. The van der Waals surface area contributed by atoms with E-state index >= 15 is 0 Å². The van der Waals surface area contributed by atoms with Crippen LogP contribution in [0.5, 0.6) is 0 Å². The average molecular weight is 353 g/mol. The zero-order chi connectivity index (χ0) is 16.4. The second-order valence-electron chi connectivity index (χ2n) is 6.35. The fraction of sp³-hybridized carbons (Fsp3) is 0.647. The number of nitrogens with one attached hydrogen (secondary N) is 1. The van der Waals surface area contributed by atoms with Crippen molar-refractivity contribution < 1.29 is 4.74 Å². The second-order valence-corrected chi connectivity index (χ2v) is 8.56. The monoisotopic (exact) mass is 352 g/mol. The molecule has 0 aliphatic carbocycles. The maximum Gasteiger partial charge on any atom is 0.260 e. The Morgan fingerprint density at radius 3 is 3.04 bits per heavy atom. The van der Waals surface area contributed by atoms with Crippen molar-refractivity contribution in [2.45, 2.75) is 57.7 Å². The van der Waals surface area contributed by atoms with Crippen molar-refractivity contribution in [1.82, 2.24) is 9.97 Å². The van der Waals surface area contributed by atoms with Gasteiger partial charge in [0.25, 0.3) is 5.56 Å². The zero-order valence-electron chi connectivity index (χ0n) is 14.0. The molecular weight excluding hydrogens is 328 g/mol. The Hall–Kier alpha value is -0.850. The molecule has 2 atom stereocenters. The first kappa shape index (κ1) is 17.0. The summed E-state index contributed by atoms with van der Waals surface area (Å²) in [6.45, 7) is 7.38. The number of thioether (sulfide) groups is 1. The van der Waals surface area contributed by atoms with Crippen molar-refractivity contribution in [2.75, 3.05) is 12.4 Å². The summed E-state index contributed by atoms with van der Waals surface area (Å²) < 4.78 is 5.63. The average Bonchev–Trinajstić information content (AvgIpc) is 3.14. The number of fused-ring (bicyclic) bond motifs is 1. The summed E-state index contributed by atoms with van der Waals surface area (Å²) in [5.41, 5.74) is 1.19. The molecule has 0 aromatic carbocycles. The number of hydrogen-bond acceptors (Lipinski definition) is 5. The van der Waals surface area contributed by atoms with Crippen molar-refractivity contribution in [1.29, 1.82) is 0 Å². The van der Waals surface area contributed by atoms with Gasteiger partial charge in [-0.3, -0.25) is 4.79 Å². The lowest BCUT2D eigenvalue weighted by Gasteiger charge is -2.09. The summed E-state index contributed by atoms with van der Waals surface area (Å²) in [6.07, 6.45) is 4.62. The van der Waals surface area contributed by atoms with Gasteiger partial charge in [0.15, 0.2) is 5.16 Å². The maximum atomic E-state index is 12.6. The van der Waals surface area contributed by atoms with Gasteiger partial charge in [-0.1, -0.05) is 32.0 Å². The van der Waals surface area contributed by atoms with E-state index in [9.17, 15) is 4.79 Å². The molecule has 0 amide bonds. The Balaban J connectivity index is 1.85.